The Morgan fingerprint density at radius 3 is 2.26 bits per heavy atom. The summed E-state index contributed by atoms with van der Waals surface area (Å²) in [4.78, 5) is 4.94. The summed E-state index contributed by atoms with van der Waals surface area (Å²) < 4.78 is 11.1. The van der Waals surface area contributed by atoms with Crippen molar-refractivity contribution < 1.29 is 4.74 Å². The third kappa shape index (κ3) is 7.27. The Balaban J connectivity index is 1.31. The maximum absolute atomic E-state index is 6.69. The summed E-state index contributed by atoms with van der Waals surface area (Å²) in [5.41, 5.74) is 10.6. The first-order chi connectivity index (χ1) is 25.6. The van der Waals surface area contributed by atoms with Gasteiger partial charge in [0.25, 0.3) is 0 Å². The lowest BCUT2D eigenvalue weighted by Gasteiger charge is -2.20. The fourth-order valence-electron chi connectivity index (χ4n) is 8.04. The number of aromatic nitrogens is 4. The molecular formula is C48H54N4O. The van der Waals surface area contributed by atoms with Crippen LogP contribution in [0.3, 0.4) is 0 Å². The van der Waals surface area contributed by atoms with E-state index in [0.717, 1.165) is 52.6 Å². The Bertz CT molecular complexity index is 2360. The lowest BCUT2D eigenvalue weighted by atomic mass is 9.88. The fourth-order valence-corrected chi connectivity index (χ4v) is 8.04. The van der Waals surface area contributed by atoms with E-state index < -0.39 is 0 Å². The maximum atomic E-state index is 6.69. The minimum absolute atomic E-state index is 0.000504. The van der Waals surface area contributed by atoms with Gasteiger partial charge in [-0.25, -0.2) is 9.67 Å². The number of aryl methyl sites for hydroxylation is 1. The van der Waals surface area contributed by atoms with Crippen molar-refractivity contribution in [3.63, 3.8) is 0 Å². The molecule has 0 radical (unpaired) electrons. The molecule has 0 amide bonds. The van der Waals surface area contributed by atoms with Crippen molar-refractivity contribution in [1.29, 1.82) is 0 Å². The second-order valence-corrected chi connectivity index (χ2v) is 15.8. The average Bonchev–Trinajstić information content (AvgIpc) is 3.70. The van der Waals surface area contributed by atoms with Gasteiger partial charge >= 0.3 is 0 Å². The van der Waals surface area contributed by atoms with Gasteiger partial charge in [-0.1, -0.05) is 111 Å². The molecule has 2 unspecified atom stereocenters. The first-order valence-electron chi connectivity index (χ1n) is 19.6. The topological polar surface area (TPSA) is 44.9 Å². The number of nitrogens with zero attached hydrogens (tertiary/aromatic N) is 4. The first kappa shape index (κ1) is 36.2. The summed E-state index contributed by atoms with van der Waals surface area (Å²) in [6.07, 6.45) is 7.36. The van der Waals surface area contributed by atoms with E-state index in [-0.39, 0.29) is 5.41 Å². The summed E-state index contributed by atoms with van der Waals surface area (Å²) in [5.74, 6) is 3.66. The molecule has 53 heavy (non-hydrogen) atoms. The van der Waals surface area contributed by atoms with Crippen LogP contribution in [0.5, 0.6) is 11.5 Å². The van der Waals surface area contributed by atoms with E-state index in [1.54, 1.807) is 0 Å². The largest absolute Gasteiger partial charge is 0.457 e. The summed E-state index contributed by atoms with van der Waals surface area (Å²) >= 11 is 0. The molecule has 0 N–H and O–H groups in total. The fraction of sp³-hybridized carbons (Fsp3) is 0.333. The molecule has 0 fully saturated rings. The van der Waals surface area contributed by atoms with Crippen molar-refractivity contribution in [3.05, 3.63) is 132 Å². The Morgan fingerprint density at radius 2 is 1.53 bits per heavy atom. The van der Waals surface area contributed by atoms with E-state index in [0.29, 0.717) is 11.8 Å². The number of ether oxygens (including phenoxy) is 1. The van der Waals surface area contributed by atoms with Crippen LogP contribution in [0.15, 0.2) is 109 Å². The van der Waals surface area contributed by atoms with Crippen molar-refractivity contribution >= 4 is 21.8 Å². The van der Waals surface area contributed by atoms with Gasteiger partial charge in [0.15, 0.2) is 0 Å². The average molecular weight is 703 g/mol. The van der Waals surface area contributed by atoms with Crippen LogP contribution in [0.1, 0.15) is 103 Å². The van der Waals surface area contributed by atoms with Gasteiger partial charge in [-0.3, -0.25) is 4.57 Å². The van der Waals surface area contributed by atoms with Gasteiger partial charge in [-0.15, -0.1) is 0 Å². The summed E-state index contributed by atoms with van der Waals surface area (Å²) in [6, 6.07) is 36.8. The predicted octanol–water partition coefficient (Wildman–Crippen LogP) is 13.2. The molecule has 0 saturated heterocycles. The molecule has 272 valence electrons. The van der Waals surface area contributed by atoms with Crippen molar-refractivity contribution in [2.75, 3.05) is 0 Å². The molecule has 0 bridgehead atoms. The van der Waals surface area contributed by atoms with Gasteiger partial charge in [0.1, 0.15) is 17.3 Å². The molecule has 2 atom stereocenters. The van der Waals surface area contributed by atoms with Gasteiger partial charge in [0.2, 0.25) is 0 Å². The minimum Gasteiger partial charge on any atom is -0.457 e. The summed E-state index contributed by atoms with van der Waals surface area (Å²) in [6.45, 7) is 18.2. The molecule has 3 aromatic heterocycles. The number of hydrogen-bond acceptors (Lipinski definition) is 3. The smallest absolute Gasteiger partial charge is 0.137 e. The van der Waals surface area contributed by atoms with Gasteiger partial charge < -0.3 is 4.74 Å². The highest BCUT2D eigenvalue weighted by molar-refractivity contribution is 6.09. The van der Waals surface area contributed by atoms with E-state index in [4.69, 9.17) is 14.8 Å². The number of benzene rings is 4. The summed E-state index contributed by atoms with van der Waals surface area (Å²) in [5, 5.41) is 7.57. The summed E-state index contributed by atoms with van der Waals surface area (Å²) in [7, 11) is 0. The highest BCUT2D eigenvalue weighted by Gasteiger charge is 2.21. The zero-order valence-corrected chi connectivity index (χ0v) is 32.8. The number of hydrogen-bond donors (Lipinski definition) is 0. The zero-order valence-electron chi connectivity index (χ0n) is 32.8. The lowest BCUT2D eigenvalue weighted by Crippen LogP contribution is -2.12. The lowest BCUT2D eigenvalue weighted by molar-refractivity contribution is 0.449. The third-order valence-electron chi connectivity index (χ3n) is 10.8. The number of fused-ring (bicyclic) bond motifs is 3. The molecule has 3 heterocycles. The van der Waals surface area contributed by atoms with Crippen molar-refractivity contribution in [2.45, 2.75) is 98.8 Å². The molecule has 7 aromatic rings. The van der Waals surface area contributed by atoms with E-state index in [1.165, 1.54) is 58.0 Å². The monoisotopic (exact) mass is 702 g/mol. The van der Waals surface area contributed by atoms with Crippen LogP contribution in [0, 0.1) is 5.92 Å². The predicted molar refractivity (Wildman–Crippen MR) is 222 cm³/mol. The van der Waals surface area contributed by atoms with E-state index in [1.807, 2.05) is 12.3 Å². The standard InChI is InChI=1S/C48H54N4O/c1-9-16-32(4)27-33(5)35-21-24-44-41(28-35)40-23-22-39(31-45(40)51(44)46-29-36(25-26-49-46)48(6,7)8)53-38-20-15-19-37(30-38)52-43(11-3)47(42(10-2)50-52)34-17-13-12-14-18-34/h12-15,17-26,28-33H,9-11,16,27H2,1-8H3. The molecule has 0 aliphatic carbocycles. The Kier molecular flexibility index (Phi) is 10.3. The van der Waals surface area contributed by atoms with Crippen LogP contribution in [-0.4, -0.2) is 19.3 Å². The van der Waals surface area contributed by atoms with Gasteiger partial charge in [0.05, 0.1) is 28.1 Å². The number of pyridine rings is 1. The normalized spacial score (nSPS) is 13.1. The number of rotatable bonds is 12. The van der Waals surface area contributed by atoms with E-state index in [2.05, 4.69) is 162 Å². The van der Waals surface area contributed by atoms with Gasteiger partial charge in [-0.05, 0) is 102 Å². The molecule has 7 rings (SSSR count). The van der Waals surface area contributed by atoms with E-state index in [9.17, 15) is 0 Å². The van der Waals surface area contributed by atoms with Gasteiger partial charge in [0, 0.05) is 34.7 Å². The van der Waals surface area contributed by atoms with Crippen molar-refractivity contribution in [2.24, 2.45) is 5.92 Å². The van der Waals surface area contributed by atoms with Crippen LogP contribution < -0.4 is 4.74 Å². The van der Waals surface area contributed by atoms with E-state index >= 15 is 0 Å². The third-order valence-corrected chi connectivity index (χ3v) is 10.8. The van der Waals surface area contributed by atoms with Crippen LogP contribution in [0.25, 0.3) is 44.4 Å². The van der Waals surface area contributed by atoms with Gasteiger partial charge in [-0.2, -0.15) is 5.10 Å². The molecule has 0 saturated carbocycles. The van der Waals surface area contributed by atoms with Crippen LogP contribution >= 0.6 is 0 Å². The Hall–Kier alpha value is -5.16. The highest BCUT2D eigenvalue weighted by atomic mass is 16.5. The van der Waals surface area contributed by atoms with Crippen LogP contribution in [0.4, 0.5) is 0 Å². The Morgan fingerprint density at radius 1 is 0.736 bits per heavy atom. The molecule has 4 aromatic carbocycles. The molecular weight excluding hydrogens is 649 g/mol. The molecule has 0 spiro atoms. The molecule has 5 heteroatoms. The zero-order chi connectivity index (χ0) is 37.3. The molecule has 0 aliphatic rings. The first-order valence-corrected chi connectivity index (χ1v) is 19.6. The SMILES string of the molecule is CCCC(C)CC(C)c1ccc2c(c1)c1ccc(Oc3cccc(-n4nc(CC)c(-c5ccccc5)c4CC)c3)cc1n2-c1cc(C(C)(C)C)ccn1. The quantitative estimate of drug-likeness (QED) is 0.127. The highest BCUT2D eigenvalue weighted by Crippen LogP contribution is 2.39. The maximum Gasteiger partial charge on any atom is 0.137 e. The van der Waals surface area contributed by atoms with Crippen molar-refractivity contribution in [1.82, 2.24) is 19.3 Å². The van der Waals surface area contributed by atoms with Crippen LogP contribution in [0.2, 0.25) is 0 Å². The molecule has 5 nitrogen and oxygen atoms in total. The Labute approximate surface area is 315 Å². The molecule has 0 aliphatic heterocycles. The van der Waals surface area contributed by atoms with Crippen molar-refractivity contribution in [3.8, 4) is 34.1 Å². The minimum atomic E-state index is -0.000504. The second kappa shape index (κ2) is 15.1. The second-order valence-electron chi connectivity index (χ2n) is 15.8. The van der Waals surface area contributed by atoms with Crippen LogP contribution in [-0.2, 0) is 18.3 Å².